The summed E-state index contributed by atoms with van der Waals surface area (Å²) in [5, 5.41) is 7.10. The van der Waals surface area contributed by atoms with Crippen molar-refractivity contribution in [1.29, 1.82) is 0 Å². The molecule has 1 aromatic heterocycles. The molecule has 244 valence electrons. The molecule has 0 N–H and O–H groups in total. The minimum absolute atomic E-state index is 0.919. The Labute approximate surface area is 302 Å². The Morgan fingerprint density at radius 3 is 1.52 bits per heavy atom. The summed E-state index contributed by atoms with van der Waals surface area (Å²) < 4.78 is 6.22. The molecule has 10 aromatic rings. The van der Waals surface area contributed by atoms with Crippen molar-refractivity contribution in [3.8, 4) is 33.4 Å². The molecule has 0 unspecified atom stereocenters. The van der Waals surface area contributed by atoms with E-state index >= 15 is 0 Å². The summed E-state index contributed by atoms with van der Waals surface area (Å²) in [5.74, 6) is 0. The number of hydrogen-bond acceptors (Lipinski definition) is 2. The molecule has 0 fully saturated rings. The van der Waals surface area contributed by atoms with Crippen LogP contribution in [0.15, 0.2) is 205 Å². The van der Waals surface area contributed by atoms with Crippen LogP contribution in [0.1, 0.15) is 0 Å². The zero-order chi connectivity index (χ0) is 34.4. The molecule has 0 aliphatic heterocycles. The average Bonchev–Trinajstić information content (AvgIpc) is 3.58. The Morgan fingerprint density at radius 2 is 0.808 bits per heavy atom. The lowest BCUT2D eigenvalue weighted by Gasteiger charge is -2.27. The van der Waals surface area contributed by atoms with Gasteiger partial charge in [-0.3, -0.25) is 0 Å². The molecule has 0 amide bonds. The summed E-state index contributed by atoms with van der Waals surface area (Å²) in [6, 6.07) is 71.8. The van der Waals surface area contributed by atoms with Crippen LogP contribution in [0.25, 0.3) is 76.9 Å². The number of para-hydroxylation sites is 1. The quantitative estimate of drug-likeness (QED) is 0.165. The second-order valence-electron chi connectivity index (χ2n) is 13.4. The fraction of sp³-hybridized carbons (Fsp3) is 0. The van der Waals surface area contributed by atoms with Crippen LogP contribution < -0.4 is 4.90 Å². The molecule has 0 atom stereocenters. The van der Waals surface area contributed by atoms with Crippen LogP contribution in [0.4, 0.5) is 17.1 Å². The molecule has 2 heteroatoms. The summed E-state index contributed by atoms with van der Waals surface area (Å²) >= 11 is 0. The van der Waals surface area contributed by atoms with Crippen molar-refractivity contribution in [3.05, 3.63) is 200 Å². The Balaban J connectivity index is 1.09. The van der Waals surface area contributed by atoms with Gasteiger partial charge < -0.3 is 9.32 Å². The largest absolute Gasteiger partial charge is 0.456 e. The minimum atomic E-state index is 0.919. The molecule has 0 radical (unpaired) electrons. The Morgan fingerprint density at radius 1 is 0.269 bits per heavy atom. The van der Waals surface area contributed by atoms with Crippen molar-refractivity contribution in [1.82, 2.24) is 0 Å². The summed E-state index contributed by atoms with van der Waals surface area (Å²) in [4.78, 5) is 2.37. The SMILES string of the molecule is c1ccc(-c2ccc(-c3cccc(N(c4ccc(-c5ccccc5)cc4)c4ccc5c(ccc6cc7oc8ccccc8c7cc65)c4)c3)cc2)cc1. The Kier molecular flexibility index (Phi) is 7.18. The zero-order valence-electron chi connectivity index (χ0n) is 28.4. The number of anilines is 3. The smallest absolute Gasteiger partial charge is 0.136 e. The first-order valence-electron chi connectivity index (χ1n) is 17.7. The van der Waals surface area contributed by atoms with E-state index in [1.165, 1.54) is 54.9 Å². The third-order valence-corrected chi connectivity index (χ3v) is 10.2. The molecule has 10 rings (SSSR count). The molecule has 0 spiro atoms. The van der Waals surface area contributed by atoms with Crippen molar-refractivity contribution in [3.63, 3.8) is 0 Å². The molecule has 0 aliphatic rings. The van der Waals surface area contributed by atoms with Crippen molar-refractivity contribution in [2.45, 2.75) is 0 Å². The lowest BCUT2D eigenvalue weighted by atomic mass is 9.98. The van der Waals surface area contributed by atoms with Gasteiger partial charge in [0.05, 0.1) is 0 Å². The predicted octanol–water partition coefficient (Wildman–Crippen LogP) is 14.4. The lowest BCUT2D eigenvalue weighted by molar-refractivity contribution is 0.669. The number of furan rings is 1. The van der Waals surface area contributed by atoms with E-state index < -0.39 is 0 Å². The van der Waals surface area contributed by atoms with Gasteiger partial charge in [-0.1, -0.05) is 146 Å². The predicted molar refractivity (Wildman–Crippen MR) is 220 cm³/mol. The number of hydrogen-bond donors (Lipinski definition) is 0. The van der Waals surface area contributed by atoms with E-state index in [0.717, 1.165) is 39.0 Å². The van der Waals surface area contributed by atoms with E-state index in [1.54, 1.807) is 0 Å². The maximum atomic E-state index is 6.22. The highest BCUT2D eigenvalue weighted by Crippen LogP contribution is 2.41. The van der Waals surface area contributed by atoms with Crippen LogP contribution in [-0.2, 0) is 0 Å². The van der Waals surface area contributed by atoms with Gasteiger partial charge in [0.15, 0.2) is 0 Å². The van der Waals surface area contributed by atoms with Gasteiger partial charge in [-0.25, -0.2) is 0 Å². The first-order chi connectivity index (χ1) is 25.7. The third-order valence-electron chi connectivity index (χ3n) is 10.2. The monoisotopic (exact) mass is 663 g/mol. The van der Waals surface area contributed by atoms with Crippen LogP contribution in [0.3, 0.4) is 0 Å². The Hall–Kier alpha value is -6.90. The first kappa shape index (κ1) is 30.0. The van der Waals surface area contributed by atoms with Crippen molar-refractivity contribution < 1.29 is 4.42 Å². The van der Waals surface area contributed by atoms with E-state index in [4.69, 9.17) is 4.42 Å². The maximum Gasteiger partial charge on any atom is 0.136 e. The highest BCUT2D eigenvalue weighted by Gasteiger charge is 2.16. The van der Waals surface area contributed by atoms with E-state index in [-0.39, 0.29) is 0 Å². The molecule has 9 aromatic carbocycles. The van der Waals surface area contributed by atoms with Gasteiger partial charge in [-0.2, -0.15) is 0 Å². The van der Waals surface area contributed by atoms with Gasteiger partial charge in [0, 0.05) is 27.8 Å². The van der Waals surface area contributed by atoms with Crippen LogP contribution in [0.5, 0.6) is 0 Å². The third kappa shape index (κ3) is 5.30. The highest BCUT2D eigenvalue weighted by atomic mass is 16.3. The van der Waals surface area contributed by atoms with Gasteiger partial charge in [0.25, 0.3) is 0 Å². The molecule has 0 aliphatic carbocycles. The van der Waals surface area contributed by atoms with Crippen LogP contribution in [0.2, 0.25) is 0 Å². The Bertz CT molecular complexity index is 2870. The van der Waals surface area contributed by atoms with E-state index in [2.05, 4.69) is 193 Å². The standard InChI is InChI=1S/C50H33NO/c1-3-10-34(11-4-1)36-18-20-38(21-19-36)39-14-9-15-43(30-39)51(42-26-24-37(25-27-42)35-12-5-2-6-13-35)44-28-29-45-40(31-44)22-23-41-32-50-48(33-47(41)45)46-16-7-8-17-49(46)52-50/h1-33H. The van der Waals surface area contributed by atoms with Crippen LogP contribution in [-0.4, -0.2) is 0 Å². The molecule has 2 nitrogen and oxygen atoms in total. The van der Waals surface area contributed by atoms with E-state index in [0.29, 0.717) is 0 Å². The van der Waals surface area contributed by atoms with Gasteiger partial charge in [-0.05, 0) is 110 Å². The number of benzene rings is 9. The normalized spacial score (nSPS) is 11.5. The maximum absolute atomic E-state index is 6.22. The van der Waals surface area contributed by atoms with Crippen molar-refractivity contribution in [2.24, 2.45) is 0 Å². The van der Waals surface area contributed by atoms with Crippen molar-refractivity contribution in [2.75, 3.05) is 4.90 Å². The summed E-state index contributed by atoms with van der Waals surface area (Å²) in [5.41, 5.74) is 12.3. The van der Waals surface area contributed by atoms with Crippen molar-refractivity contribution >= 4 is 60.5 Å². The fourth-order valence-corrected chi connectivity index (χ4v) is 7.60. The van der Waals surface area contributed by atoms with Crippen LogP contribution >= 0.6 is 0 Å². The first-order valence-corrected chi connectivity index (χ1v) is 17.7. The molecule has 1 heterocycles. The number of fused-ring (bicyclic) bond motifs is 6. The summed E-state index contributed by atoms with van der Waals surface area (Å²) in [7, 11) is 0. The molecule has 0 saturated carbocycles. The second-order valence-corrected chi connectivity index (χ2v) is 13.4. The zero-order valence-corrected chi connectivity index (χ0v) is 28.4. The molecule has 0 bridgehead atoms. The second kappa shape index (κ2) is 12.5. The van der Waals surface area contributed by atoms with Gasteiger partial charge >= 0.3 is 0 Å². The van der Waals surface area contributed by atoms with E-state index in [1.807, 2.05) is 12.1 Å². The lowest BCUT2D eigenvalue weighted by Crippen LogP contribution is -2.10. The van der Waals surface area contributed by atoms with Gasteiger partial charge in [0.1, 0.15) is 11.2 Å². The highest BCUT2D eigenvalue weighted by molar-refractivity contribution is 6.16. The minimum Gasteiger partial charge on any atom is -0.456 e. The average molecular weight is 664 g/mol. The summed E-state index contributed by atoms with van der Waals surface area (Å²) in [6.07, 6.45) is 0. The van der Waals surface area contributed by atoms with E-state index in [9.17, 15) is 0 Å². The van der Waals surface area contributed by atoms with Gasteiger partial charge in [-0.15, -0.1) is 0 Å². The summed E-state index contributed by atoms with van der Waals surface area (Å²) in [6.45, 7) is 0. The van der Waals surface area contributed by atoms with Gasteiger partial charge in [0.2, 0.25) is 0 Å². The number of rotatable bonds is 6. The topological polar surface area (TPSA) is 16.4 Å². The molecule has 0 saturated heterocycles. The number of nitrogens with zero attached hydrogens (tertiary/aromatic N) is 1. The molecular formula is C50H33NO. The molecule has 52 heavy (non-hydrogen) atoms. The molecular weight excluding hydrogens is 631 g/mol. The fourth-order valence-electron chi connectivity index (χ4n) is 7.60. The van der Waals surface area contributed by atoms with Crippen LogP contribution in [0, 0.1) is 0 Å².